The first-order valence-corrected chi connectivity index (χ1v) is 10.5. The summed E-state index contributed by atoms with van der Waals surface area (Å²) in [5.74, 6) is -1.15. The first kappa shape index (κ1) is 26.2. The molecule has 0 aromatic heterocycles. The van der Waals surface area contributed by atoms with Gasteiger partial charge in [0.2, 0.25) is 0 Å². The third-order valence-electron chi connectivity index (χ3n) is 5.72. The van der Waals surface area contributed by atoms with E-state index in [0.717, 1.165) is 11.1 Å². The number of carboxylic acid groups (broad SMARTS) is 1. The van der Waals surface area contributed by atoms with Crippen molar-refractivity contribution >= 4 is 6.09 Å². The number of carbonyl (C=O) groups is 1. The van der Waals surface area contributed by atoms with Crippen LogP contribution in [-0.4, -0.2) is 65.6 Å². The maximum Gasteiger partial charge on any atom is 0.407 e. The fourth-order valence-electron chi connectivity index (χ4n) is 4.15. The Labute approximate surface area is 197 Å². The van der Waals surface area contributed by atoms with Crippen molar-refractivity contribution in [3.05, 3.63) is 54.1 Å². The zero-order valence-corrected chi connectivity index (χ0v) is 18.3. The second kappa shape index (κ2) is 10.5. The fourth-order valence-corrected chi connectivity index (χ4v) is 4.15. The molecule has 1 aliphatic rings. The molecule has 3 rings (SSSR count). The summed E-state index contributed by atoms with van der Waals surface area (Å²) in [6, 6.07) is 12.0. The molecular formula is C24H22F6N2O3. The molecule has 0 saturated carbocycles. The van der Waals surface area contributed by atoms with Crippen molar-refractivity contribution in [2.45, 2.75) is 24.9 Å². The minimum atomic E-state index is -5.67. The maximum atomic E-state index is 13.4. The van der Waals surface area contributed by atoms with Gasteiger partial charge in [-0.2, -0.15) is 26.3 Å². The minimum absolute atomic E-state index is 0.0542. The summed E-state index contributed by atoms with van der Waals surface area (Å²) in [6.07, 6.45) is -7.90. The largest absolute Gasteiger partial charge is 0.481 e. The SMILES string of the molecule is C#CCOc1cc(-c2ccccc2)ccc1CN1CCN(C(=O)O)C(C(C(F)(F)F)C(F)(F)F)C1. The van der Waals surface area contributed by atoms with Crippen molar-refractivity contribution in [2.75, 3.05) is 26.2 Å². The highest BCUT2D eigenvalue weighted by atomic mass is 19.4. The Hall–Kier alpha value is -3.39. The lowest BCUT2D eigenvalue weighted by atomic mass is 9.94. The molecule has 1 atom stereocenters. The molecule has 2 aromatic rings. The highest BCUT2D eigenvalue weighted by Gasteiger charge is 2.62. The van der Waals surface area contributed by atoms with Crippen molar-refractivity contribution in [3.8, 4) is 29.2 Å². The van der Waals surface area contributed by atoms with Gasteiger partial charge < -0.3 is 14.7 Å². The average Bonchev–Trinajstić information content (AvgIpc) is 2.77. The summed E-state index contributed by atoms with van der Waals surface area (Å²) in [6.45, 7) is -1.47. The molecule has 1 N–H and O–H groups in total. The van der Waals surface area contributed by atoms with E-state index >= 15 is 0 Å². The van der Waals surface area contributed by atoms with Gasteiger partial charge >= 0.3 is 18.4 Å². The van der Waals surface area contributed by atoms with Crippen LogP contribution in [0.1, 0.15) is 5.56 Å². The highest BCUT2D eigenvalue weighted by Crippen LogP contribution is 2.44. The van der Waals surface area contributed by atoms with Crippen LogP contribution < -0.4 is 4.74 Å². The smallest absolute Gasteiger partial charge is 0.407 e. The van der Waals surface area contributed by atoms with E-state index in [1.54, 1.807) is 18.2 Å². The Balaban J connectivity index is 1.90. The van der Waals surface area contributed by atoms with Crippen molar-refractivity contribution in [2.24, 2.45) is 5.92 Å². The summed E-state index contributed by atoms with van der Waals surface area (Å²) in [7, 11) is 0. The van der Waals surface area contributed by atoms with Gasteiger partial charge in [-0.25, -0.2) is 4.79 Å². The quantitative estimate of drug-likeness (QED) is 0.434. The number of terminal acetylenes is 1. The molecule has 0 aliphatic carbocycles. The number of hydrogen-bond acceptors (Lipinski definition) is 3. The number of piperazine rings is 1. The van der Waals surface area contributed by atoms with Crippen LogP contribution in [0.15, 0.2) is 48.5 Å². The van der Waals surface area contributed by atoms with Gasteiger partial charge in [0, 0.05) is 31.7 Å². The van der Waals surface area contributed by atoms with E-state index in [9.17, 15) is 36.2 Å². The van der Waals surface area contributed by atoms with Crippen molar-refractivity contribution < 1.29 is 41.0 Å². The van der Waals surface area contributed by atoms with Crippen LogP contribution in [0.5, 0.6) is 5.75 Å². The van der Waals surface area contributed by atoms with Crippen molar-refractivity contribution in [1.29, 1.82) is 0 Å². The van der Waals surface area contributed by atoms with E-state index in [4.69, 9.17) is 11.2 Å². The monoisotopic (exact) mass is 500 g/mol. The van der Waals surface area contributed by atoms with Gasteiger partial charge in [0.25, 0.3) is 0 Å². The molecule has 188 valence electrons. The molecule has 0 spiro atoms. The predicted molar refractivity (Wildman–Crippen MR) is 116 cm³/mol. The van der Waals surface area contributed by atoms with Gasteiger partial charge in [0.05, 0.1) is 6.04 Å². The van der Waals surface area contributed by atoms with E-state index in [2.05, 4.69) is 5.92 Å². The summed E-state index contributed by atoms with van der Waals surface area (Å²) in [4.78, 5) is 13.0. The fraction of sp³-hybridized carbons (Fsp3) is 0.375. The lowest BCUT2D eigenvalue weighted by Gasteiger charge is -2.44. The summed E-state index contributed by atoms with van der Waals surface area (Å²) in [5.41, 5.74) is 2.15. The molecule has 0 radical (unpaired) electrons. The van der Waals surface area contributed by atoms with Gasteiger partial charge in [0.1, 0.15) is 12.4 Å². The molecule has 1 heterocycles. The molecule has 2 aromatic carbocycles. The Morgan fingerprint density at radius 1 is 1.06 bits per heavy atom. The topological polar surface area (TPSA) is 53.0 Å². The number of hydrogen-bond donors (Lipinski definition) is 1. The second-order valence-corrected chi connectivity index (χ2v) is 8.02. The molecule has 0 bridgehead atoms. The third-order valence-corrected chi connectivity index (χ3v) is 5.72. The van der Waals surface area contributed by atoms with E-state index in [1.165, 1.54) is 4.90 Å². The number of benzene rings is 2. The molecule has 11 heteroatoms. The van der Waals surface area contributed by atoms with Crippen LogP contribution in [-0.2, 0) is 6.54 Å². The summed E-state index contributed by atoms with van der Waals surface area (Å²) in [5, 5.41) is 9.28. The Morgan fingerprint density at radius 3 is 2.29 bits per heavy atom. The van der Waals surface area contributed by atoms with E-state index in [-0.39, 0.29) is 24.6 Å². The summed E-state index contributed by atoms with van der Waals surface area (Å²) < 4.78 is 86.0. The zero-order valence-electron chi connectivity index (χ0n) is 18.3. The molecule has 1 saturated heterocycles. The van der Waals surface area contributed by atoms with Crippen LogP contribution >= 0.6 is 0 Å². The van der Waals surface area contributed by atoms with E-state index in [0.29, 0.717) is 11.3 Å². The van der Waals surface area contributed by atoms with Crippen LogP contribution in [0, 0.1) is 18.3 Å². The van der Waals surface area contributed by atoms with Crippen molar-refractivity contribution in [1.82, 2.24) is 9.80 Å². The molecule has 1 amide bonds. The van der Waals surface area contributed by atoms with Gasteiger partial charge in [-0.3, -0.25) is 4.90 Å². The molecule has 1 aliphatic heterocycles. The second-order valence-electron chi connectivity index (χ2n) is 8.02. The first-order valence-electron chi connectivity index (χ1n) is 10.5. The minimum Gasteiger partial charge on any atom is -0.481 e. The molecule has 1 unspecified atom stereocenters. The van der Waals surface area contributed by atoms with E-state index < -0.39 is 43.5 Å². The van der Waals surface area contributed by atoms with Crippen molar-refractivity contribution in [3.63, 3.8) is 0 Å². The predicted octanol–water partition coefficient (Wildman–Crippen LogP) is 5.27. The molecule has 5 nitrogen and oxygen atoms in total. The van der Waals surface area contributed by atoms with Gasteiger partial charge in [-0.15, -0.1) is 6.42 Å². The number of halogens is 6. The number of rotatable bonds is 6. The molecule has 1 fully saturated rings. The number of ether oxygens (including phenoxy) is 1. The lowest BCUT2D eigenvalue weighted by molar-refractivity contribution is -0.300. The standard InChI is InChI=1S/C24H22F6N2O3/c1-2-12-35-20-13-17(16-6-4-3-5-7-16)8-9-18(20)14-31-10-11-32(22(33)34)19(15-31)21(23(25,26)27)24(28,29)30/h1,3-9,13,19,21H,10-12,14-15H2,(H,33,34). The van der Waals surface area contributed by atoms with Gasteiger partial charge in [-0.1, -0.05) is 48.4 Å². The maximum absolute atomic E-state index is 13.4. The zero-order chi connectivity index (χ0) is 25.8. The molecule has 35 heavy (non-hydrogen) atoms. The van der Waals surface area contributed by atoms with E-state index in [1.807, 2.05) is 30.3 Å². The van der Waals surface area contributed by atoms with Gasteiger partial charge in [0.15, 0.2) is 5.92 Å². The number of alkyl halides is 6. The Bertz CT molecular complexity index is 1050. The number of amides is 1. The highest BCUT2D eigenvalue weighted by molar-refractivity contribution is 5.66. The third kappa shape index (κ3) is 6.39. The summed E-state index contributed by atoms with van der Waals surface area (Å²) >= 11 is 0. The number of nitrogens with zero attached hydrogens (tertiary/aromatic N) is 2. The van der Waals surface area contributed by atoms with Crippen LogP contribution in [0.2, 0.25) is 0 Å². The normalized spacial score (nSPS) is 17.3. The van der Waals surface area contributed by atoms with Crippen LogP contribution in [0.3, 0.4) is 0 Å². The average molecular weight is 500 g/mol. The Morgan fingerprint density at radius 2 is 1.71 bits per heavy atom. The van der Waals surface area contributed by atoms with Gasteiger partial charge in [-0.05, 0) is 17.2 Å². The Kier molecular flexibility index (Phi) is 7.85. The first-order chi connectivity index (χ1) is 16.4. The lowest BCUT2D eigenvalue weighted by Crippen LogP contribution is -2.62. The molecular weight excluding hydrogens is 478 g/mol. The van der Waals surface area contributed by atoms with Crippen LogP contribution in [0.4, 0.5) is 31.1 Å². The van der Waals surface area contributed by atoms with Crippen LogP contribution in [0.25, 0.3) is 11.1 Å².